The molecule has 0 spiro atoms. The van der Waals surface area contributed by atoms with E-state index in [2.05, 4.69) is 26.2 Å². The Balaban J connectivity index is 1.61. The maximum atomic E-state index is 14.7. The summed E-state index contributed by atoms with van der Waals surface area (Å²) in [7, 11) is 0. The lowest BCUT2D eigenvalue weighted by molar-refractivity contribution is -0.0217. The van der Waals surface area contributed by atoms with Gasteiger partial charge >= 0.3 is 0 Å². The molecule has 4 heterocycles. The molecule has 11 heteroatoms. The zero-order valence-electron chi connectivity index (χ0n) is 19.2. The van der Waals surface area contributed by atoms with Crippen molar-refractivity contribution in [3.8, 4) is 28.6 Å². The highest BCUT2D eigenvalue weighted by molar-refractivity contribution is 5.71. The number of fused-ring (bicyclic) bond motifs is 1. The van der Waals surface area contributed by atoms with Gasteiger partial charge in [0.15, 0.2) is 5.65 Å². The third-order valence-electron chi connectivity index (χ3n) is 5.73. The van der Waals surface area contributed by atoms with Crippen molar-refractivity contribution in [1.29, 1.82) is 5.26 Å². The number of nitrogens with two attached hydrogens (primary N) is 1. The highest BCUT2D eigenvalue weighted by Gasteiger charge is 2.38. The van der Waals surface area contributed by atoms with E-state index in [-0.39, 0.29) is 11.5 Å². The molecule has 8 nitrogen and oxygen atoms in total. The molecule has 0 unspecified atom stereocenters. The number of anilines is 1. The SMILES string of the molecule is Cc1nn([C@H](c2ccc(F)cc2)C(C)(F)F)cc1-c1cc(C#N)cc(-c2ccn3nc(N)nc3c2)n1. The predicted molar refractivity (Wildman–Crippen MR) is 126 cm³/mol. The maximum Gasteiger partial charge on any atom is 0.271 e. The highest BCUT2D eigenvalue weighted by Crippen LogP contribution is 2.36. The number of hydrogen-bond donors (Lipinski definition) is 1. The van der Waals surface area contributed by atoms with Gasteiger partial charge in [0, 0.05) is 30.4 Å². The highest BCUT2D eigenvalue weighted by atomic mass is 19.3. The summed E-state index contributed by atoms with van der Waals surface area (Å²) in [6, 6.07) is 12.2. The molecule has 5 rings (SSSR count). The van der Waals surface area contributed by atoms with E-state index in [1.807, 2.05) is 0 Å². The average Bonchev–Trinajstić information content (AvgIpc) is 3.40. The van der Waals surface area contributed by atoms with Crippen LogP contribution < -0.4 is 5.73 Å². The van der Waals surface area contributed by atoms with Crippen LogP contribution in [-0.2, 0) is 0 Å². The Morgan fingerprint density at radius 3 is 2.44 bits per heavy atom. The van der Waals surface area contributed by atoms with Crippen LogP contribution in [-0.4, -0.2) is 35.3 Å². The number of nitrogens with zero attached hydrogens (tertiary/aromatic N) is 7. The number of nitriles is 1. The van der Waals surface area contributed by atoms with Crippen LogP contribution in [0.1, 0.15) is 29.8 Å². The van der Waals surface area contributed by atoms with Crippen molar-refractivity contribution >= 4 is 11.6 Å². The summed E-state index contributed by atoms with van der Waals surface area (Å²) in [5, 5.41) is 18.0. The molecule has 0 aliphatic heterocycles. The molecule has 180 valence electrons. The number of benzene rings is 1. The Morgan fingerprint density at radius 2 is 1.75 bits per heavy atom. The van der Waals surface area contributed by atoms with Crippen LogP contribution in [0.4, 0.5) is 19.1 Å². The molecule has 0 saturated heterocycles. The van der Waals surface area contributed by atoms with Crippen molar-refractivity contribution in [2.24, 2.45) is 0 Å². The van der Waals surface area contributed by atoms with E-state index in [4.69, 9.17) is 5.73 Å². The normalized spacial score (nSPS) is 12.6. The van der Waals surface area contributed by atoms with Gasteiger partial charge in [-0.3, -0.25) is 4.68 Å². The first-order valence-electron chi connectivity index (χ1n) is 10.9. The third kappa shape index (κ3) is 4.24. The van der Waals surface area contributed by atoms with Crippen LogP contribution in [0.5, 0.6) is 0 Å². The van der Waals surface area contributed by atoms with Crippen LogP contribution in [0.15, 0.2) is 60.9 Å². The van der Waals surface area contributed by atoms with Crippen molar-refractivity contribution in [2.45, 2.75) is 25.8 Å². The lowest BCUT2D eigenvalue weighted by Gasteiger charge is -2.24. The molecule has 2 N–H and O–H groups in total. The first kappa shape index (κ1) is 23.0. The fourth-order valence-corrected chi connectivity index (χ4v) is 4.13. The number of rotatable bonds is 5. The minimum absolute atomic E-state index is 0.123. The van der Waals surface area contributed by atoms with Crippen molar-refractivity contribution in [2.75, 3.05) is 5.73 Å². The summed E-state index contributed by atoms with van der Waals surface area (Å²) < 4.78 is 45.5. The van der Waals surface area contributed by atoms with E-state index in [9.17, 15) is 18.4 Å². The molecule has 0 fully saturated rings. The second-order valence-electron chi connectivity index (χ2n) is 8.44. The van der Waals surface area contributed by atoms with Gasteiger partial charge in [-0.25, -0.2) is 22.7 Å². The van der Waals surface area contributed by atoms with Gasteiger partial charge < -0.3 is 5.73 Å². The van der Waals surface area contributed by atoms with Gasteiger partial charge in [0.2, 0.25) is 5.95 Å². The van der Waals surface area contributed by atoms with Crippen molar-refractivity contribution in [3.05, 3.63) is 83.6 Å². The molecule has 0 saturated carbocycles. The summed E-state index contributed by atoms with van der Waals surface area (Å²) in [5.41, 5.74) is 9.19. The number of aryl methyl sites for hydroxylation is 1. The van der Waals surface area contributed by atoms with E-state index in [0.29, 0.717) is 39.4 Å². The maximum absolute atomic E-state index is 14.7. The topological polar surface area (TPSA) is 111 Å². The van der Waals surface area contributed by atoms with Crippen LogP contribution in [0.25, 0.3) is 28.2 Å². The minimum atomic E-state index is -3.20. The van der Waals surface area contributed by atoms with Gasteiger partial charge in [-0.2, -0.15) is 15.3 Å². The molecule has 0 aliphatic rings. The zero-order valence-corrected chi connectivity index (χ0v) is 19.2. The largest absolute Gasteiger partial charge is 0.366 e. The van der Waals surface area contributed by atoms with E-state index < -0.39 is 17.8 Å². The zero-order chi connectivity index (χ0) is 25.6. The lowest BCUT2D eigenvalue weighted by Crippen LogP contribution is -2.29. The molecular weight excluding hydrogens is 469 g/mol. The number of nitrogen functional groups attached to an aromatic ring is 1. The van der Waals surface area contributed by atoms with Crippen LogP contribution in [0, 0.1) is 24.1 Å². The van der Waals surface area contributed by atoms with Crippen molar-refractivity contribution < 1.29 is 13.2 Å². The van der Waals surface area contributed by atoms with E-state index in [1.54, 1.807) is 37.4 Å². The van der Waals surface area contributed by atoms with Crippen LogP contribution in [0.2, 0.25) is 0 Å². The lowest BCUT2D eigenvalue weighted by atomic mass is 10.0. The standard InChI is InChI=1S/C25H19F3N8/c1-14-19(13-36(33-14)23(25(2,27)28)16-3-5-18(26)6-4-16)21-10-15(12-29)9-20(31-21)17-7-8-35-22(11-17)32-24(30)34-35/h3-11,13,23H,1-2H3,(H2,30,34)/t23-/m1/s1. The molecule has 0 bridgehead atoms. The third-order valence-corrected chi connectivity index (χ3v) is 5.73. The van der Waals surface area contributed by atoms with E-state index in [0.717, 1.165) is 23.7 Å². The number of pyridine rings is 2. The summed E-state index contributed by atoms with van der Waals surface area (Å²) in [6.45, 7) is 2.46. The summed E-state index contributed by atoms with van der Waals surface area (Å²) >= 11 is 0. The van der Waals surface area contributed by atoms with Gasteiger partial charge in [0.25, 0.3) is 5.92 Å². The van der Waals surface area contributed by atoms with Gasteiger partial charge in [-0.1, -0.05) is 12.1 Å². The molecule has 36 heavy (non-hydrogen) atoms. The van der Waals surface area contributed by atoms with Crippen molar-refractivity contribution in [3.63, 3.8) is 0 Å². The first-order chi connectivity index (χ1) is 17.1. The molecule has 0 aliphatic carbocycles. The Morgan fingerprint density at radius 1 is 1.03 bits per heavy atom. The molecule has 1 aromatic carbocycles. The Kier molecular flexibility index (Phi) is 5.44. The van der Waals surface area contributed by atoms with Crippen molar-refractivity contribution in [1.82, 2.24) is 29.4 Å². The number of alkyl halides is 2. The Labute approximate surface area is 203 Å². The average molecular weight is 488 g/mol. The Hall–Kier alpha value is -4.72. The first-order valence-corrected chi connectivity index (χ1v) is 10.9. The Bertz CT molecular complexity index is 1620. The fraction of sp³-hybridized carbons (Fsp3) is 0.160. The van der Waals surface area contributed by atoms with Gasteiger partial charge in [-0.05, 0) is 48.9 Å². The van der Waals surface area contributed by atoms with Crippen LogP contribution in [0.3, 0.4) is 0 Å². The molecule has 5 aromatic rings. The second kappa shape index (κ2) is 8.49. The van der Waals surface area contributed by atoms with E-state index >= 15 is 0 Å². The number of hydrogen-bond acceptors (Lipinski definition) is 6. The summed E-state index contributed by atoms with van der Waals surface area (Å²) in [5.74, 6) is -3.60. The second-order valence-corrected chi connectivity index (χ2v) is 8.44. The molecular formula is C25H19F3N8. The van der Waals surface area contributed by atoms with Gasteiger partial charge in [0.1, 0.15) is 11.9 Å². The summed E-state index contributed by atoms with van der Waals surface area (Å²) in [6.07, 6.45) is 3.14. The summed E-state index contributed by atoms with van der Waals surface area (Å²) in [4.78, 5) is 8.83. The smallest absolute Gasteiger partial charge is 0.271 e. The fourth-order valence-electron chi connectivity index (χ4n) is 4.13. The molecule has 1 atom stereocenters. The van der Waals surface area contributed by atoms with E-state index in [1.165, 1.54) is 22.8 Å². The monoisotopic (exact) mass is 488 g/mol. The molecule has 4 aromatic heterocycles. The van der Waals surface area contributed by atoms with Gasteiger partial charge in [-0.15, -0.1) is 5.10 Å². The molecule has 0 radical (unpaired) electrons. The van der Waals surface area contributed by atoms with Crippen LogP contribution >= 0.6 is 0 Å². The van der Waals surface area contributed by atoms with Gasteiger partial charge in [0.05, 0.1) is 28.7 Å². The molecule has 0 amide bonds. The number of halogens is 3. The minimum Gasteiger partial charge on any atom is -0.366 e. The predicted octanol–water partition coefficient (Wildman–Crippen LogP) is 4.80. The quantitative estimate of drug-likeness (QED) is 0.380. The number of aromatic nitrogens is 6.